The largest absolute Gasteiger partial charge is 0.493 e. The highest BCUT2D eigenvalue weighted by molar-refractivity contribution is 6.31. The third-order valence-electron chi connectivity index (χ3n) is 4.57. The molecular formula is C23H18ClN3O3. The van der Waals surface area contributed by atoms with Crippen LogP contribution in [0.4, 0.5) is 0 Å². The first-order valence-corrected chi connectivity index (χ1v) is 9.53. The van der Waals surface area contributed by atoms with E-state index in [1.165, 1.54) is 25.1 Å². The van der Waals surface area contributed by atoms with Gasteiger partial charge in [-0.25, -0.2) is 4.98 Å². The van der Waals surface area contributed by atoms with Gasteiger partial charge in [-0.2, -0.15) is 9.78 Å². The number of para-hydroxylation sites is 1. The lowest BCUT2D eigenvalue weighted by Gasteiger charge is -2.12. The second-order valence-electron chi connectivity index (χ2n) is 6.41. The molecule has 3 aromatic carbocycles. The van der Waals surface area contributed by atoms with Gasteiger partial charge in [0.2, 0.25) is 0 Å². The molecule has 0 aliphatic rings. The lowest BCUT2D eigenvalue weighted by Crippen LogP contribution is -2.20. The molecule has 1 aromatic heterocycles. The van der Waals surface area contributed by atoms with Gasteiger partial charge in [0.25, 0.3) is 5.56 Å². The Kier molecular flexibility index (Phi) is 5.50. The number of rotatable bonds is 5. The highest BCUT2D eigenvalue weighted by atomic mass is 35.5. The molecule has 0 N–H and O–H groups in total. The van der Waals surface area contributed by atoms with Crippen LogP contribution in [0.5, 0.6) is 11.5 Å². The van der Waals surface area contributed by atoms with E-state index in [-0.39, 0.29) is 5.56 Å². The van der Waals surface area contributed by atoms with Gasteiger partial charge < -0.3 is 9.47 Å². The van der Waals surface area contributed by atoms with Crippen molar-refractivity contribution in [3.05, 3.63) is 87.7 Å². The van der Waals surface area contributed by atoms with Gasteiger partial charge in [-0.05, 0) is 18.2 Å². The summed E-state index contributed by atoms with van der Waals surface area (Å²) in [5.41, 5.74) is 1.67. The molecule has 0 bridgehead atoms. The Labute approximate surface area is 178 Å². The quantitative estimate of drug-likeness (QED) is 0.443. The van der Waals surface area contributed by atoms with Crippen molar-refractivity contribution in [2.75, 3.05) is 14.2 Å². The molecule has 7 heteroatoms. The Morgan fingerprint density at radius 3 is 2.47 bits per heavy atom. The Morgan fingerprint density at radius 2 is 1.73 bits per heavy atom. The van der Waals surface area contributed by atoms with Crippen LogP contribution in [0.3, 0.4) is 0 Å². The van der Waals surface area contributed by atoms with Crippen molar-refractivity contribution >= 4 is 28.7 Å². The second kappa shape index (κ2) is 8.39. The van der Waals surface area contributed by atoms with E-state index in [4.69, 9.17) is 21.1 Å². The van der Waals surface area contributed by atoms with Crippen molar-refractivity contribution in [3.8, 4) is 22.9 Å². The zero-order valence-electron chi connectivity index (χ0n) is 16.4. The van der Waals surface area contributed by atoms with E-state index >= 15 is 0 Å². The molecule has 0 atom stereocenters. The van der Waals surface area contributed by atoms with Gasteiger partial charge in [0.1, 0.15) is 0 Å². The first-order valence-electron chi connectivity index (χ1n) is 9.15. The van der Waals surface area contributed by atoms with Crippen LogP contribution in [0.15, 0.2) is 76.6 Å². The predicted octanol–water partition coefficient (Wildman–Crippen LogP) is 4.62. The van der Waals surface area contributed by atoms with E-state index in [0.717, 1.165) is 5.56 Å². The highest BCUT2D eigenvalue weighted by Crippen LogP contribution is 2.33. The summed E-state index contributed by atoms with van der Waals surface area (Å²) < 4.78 is 12.1. The maximum absolute atomic E-state index is 13.2. The minimum atomic E-state index is -0.274. The molecule has 0 amide bonds. The van der Waals surface area contributed by atoms with Crippen LogP contribution in [0.2, 0.25) is 5.02 Å². The summed E-state index contributed by atoms with van der Waals surface area (Å²) >= 11 is 6.20. The molecule has 0 unspecified atom stereocenters. The van der Waals surface area contributed by atoms with Crippen LogP contribution < -0.4 is 15.0 Å². The zero-order chi connectivity index (χ0) is 21.1. The van der Waals surface area contributed by atoms with Crippen molar-refractivity contribution < 1.29 is 9.47 Å². The van der Waals surface area contributed by atoms with Crippen LogP contribution in [0, 0.1) is 0 Å². The fourth-order valence-electron chi connectivity index (χ4n) is 3.18. The Bertz CT molecular complexity index is 1300. The average Bonchev–Trinajstić information content (AvgIpc) is 2.78. The van der Waals surface area contributed by atoms with Crippen molar-refractivity contribution in [2.45, 2.75) is 0 Å². The minimum absolute atomic E-state index is 0.274. The molecule has 30 heavy (non-hydrogen) atoms. The summed E-state index contributed by atoms with van der Waals surface area (Å²) in [6.45, 7) is 0. The molecule has 0 saturated carbocycles. The molecule has 0 radical (unpaired) electrons. The van der Waals surface area contributed by atoms with Crippen LogP contribution in [-0.4, -0.2) is 30.1 Å². The van der Waals surface area contributed by atoms with Gasteiger partial charge in [0.05, 0.1) is 31.3 Å². The standard InChI is InChI=1S/C23H18ClN3O3/c1-29-20-13-17(24)12-16(21(20)30-2)14-25-27-22(15-8-4-3-5-9-15)26-19-11-7-6-10-18(19)23(27)28/h3-14H,1-2H3. The first kappa shape index (κ1) is 19.7. The number of aromatic nitrogens is 2. The highest BCUT2D eigenvalue weighted by Gasteiger charge is 2.14. The third kappa shape index (κ3) is 3.65. The van der Waals surface area contributed by atoms with Gasteiger partial charge in [-0.3, -0.25) is 4.79 Å². The molecular weight excluding hydrogens is 402 g/mol. The molecule has 150 valence electrons. The van der Waals surface area contributed by atoms with E-state index in [9.17, 15) is 4.79 Å². The van der Waals surface area contributed by atoms with Gasteiger partial charge >= 0.3 is 0 Å². The van der Waals surface area contributed by atoms with Crippen LogP contribution in [0.25, 0.3) is 22.3 Å². The number of ether oxygens (including phenoxy) is 2. The lowest BCUT2D eigenvalue weighted by atomic mass is 10.2. The zero-order valence-corrected chi connectivity index (χ0v) is 17.1. The van der Waals surface area contributed by atoms with Gasteiger partial charge in [0, 0.05) is 22.2 Å². The summed E-state index contributed by atoms with van der Waals surface area (Å²) in [6, 6.07) is 20.0. The number of benzene rings is 3. The normalized spacial score (nSPS) is 11.2. The summed E-state index contributed by atoms with van der Waals surface area (Å²) in [6.07, 6.45) is 1.51. The van der Waals surface area contributed by atoms with E-state index in [1.807, 2.05) is 42.5 Å². The van der Waals surface area contributed by atoms with E-state index in [0.29, 0.717) is 38.8 Å². The van der Waals surface area contributed by atoms with E-state index in [1.54, 1.807) is 24.3 Å². The fraction of sp³-hybridized carbons (Fsp3) is 0.0870. The van der Waals surface area contributed by atoms with Crippen molar-refractivity contribution in [1.82, 2.24) is 9.66 Å². The van der Waals surface area contributed by atoms with E-state index in [2.05, 4.69) is 10.1 Å². The lowest BCUT2D eigenvalue weighted by molar-refractivity contribution is 0.354. The SMILES string of the molecule is COc1cc(Cl)cc(C=Nn2c(-c3ccccc3)nc3ccccc3c2=O)c1OC. The summed E-state index contributed by atoms with van der Waals surface area (Å²) in [4.78, 5) is 17.9. The average molecular weight is 420 g/mol. The number of nitrogens with zero attached hydrogens (tertiary/aromatic N) is 3. The summed E-state index contributed by atoms with van der Waals surface area (Å²) in [5.74, 6) is 1.37. The molecule has 0 fully saturated rings. The third-order valence-corrected chi connectivity index (χ3v) is 4.79. The van der Waals surface area contributed by atoms with Crippen molar-refractivity contribution in [1.29, 1.82) is 0 Å². The van der Waals surface area contributed by atoms with E-state index < -0.39 is 0 Å². The minimum Gasteiger partial charge on any atom is -0.493 e. The van der Waals surface area contributed by atoms with Gasteiger partial charge in [0.15, 0.2) is 17.3 Å². The predicted molar refractivity (Wildman–Crippen MR) is 119 cm³/mol. The van der Waals surface area contributed by atoms with Crippen molar-refractivity contribution in [2.24, 2.45) is 5.10 Å². The number of halogens is 1. The molecule has 4 aromatic rings. The molecule has 4 rings (SSSR count). The molecule has 0 spiro atoms. The van der Waals surface area contributed by atoms with Crippen LogP contribution in [-0.2, 0) is 0 Å². The maximum atomic E-state index is 13.2. The maximum Gasteiger partial charge on any atom is 0.282 e. The number of fused-ring (bicyclic) bond motifs is 1. The summed E-state index contributed by atoms with van der Waals surface area (Å²) in [5, 5.41) is 5.39. The smallest absolute Gasteiger partial charge is 0.282 e. The Morgan fingerprint density at radius 1 is 1.00 bits per heavy atom. The summed E-state index contributed by atoms with van der Waals surface area (Å²) in [7, 11) is 3.06. The Balaban J connectivity index is 1.94. The number of methoxy groups -OCH3 is 2. The van der Waals surface area contributed by atoms with Crippen LogP contribution >= 0.6 is 11.6 Å². The molecule has 0 aliphatic heterocycles. The van der Waals surface area contributed by atoms with Crippen LogP contribution in [0.1, 0.15) is 5.56 Å². The topological polar surface area (TPSA) is 65.7 Å². The van der Waals surface area contributed by atoms with Crippen molar-refractivity contribution in [3.63, 3.8) is 0 Å². The molecule has 0 aliphatic carbocycles. The molecule has 6 nitrogen and oxygen atoms in total. The first-order chi connectivity index (χ1) is 14.6. The number of hydrogen-bond donors (Lipinski definition) is 0. The number of hydrogen-bond acceptors (Lipinski definition) is 5. The monoisotopic (exact) mass is 419 g/mol. The second-order valence-corrected chi connectivity index (χ2v) is 6.85. The van der Waals surface area contributed by atoms with Gasteiger partial charge in [-0.15, -0.1) is 0 Å². The molecule has 1 heterocycles. The molecule has 0 saturated heterocycles. The Hall–Kier alpha value is -3.64. The fourth-order valence-corrected chi connectivity index (χ4v) is 3.40. The van der Waals surface area contributed by atoms with Gasteiger partial charge in [-0.1, -0.05) is 54.1 Å².